The van der Waals surface area contributed by atoms with Crippen molar-refractivity contribution in [3.63, 3.8) is 0 Å². The molecule has 23 valence electrons. The summed E-state index contributed by atoms with van der Waals surface area (Å²) >= 11 is 0. The molecule has 1 heteroatoms. The molecule has 0 spiro atoms. The maximum atomic E-state index is 4.25. The second-order valence-electron chi connectivity index (χ2n) is 0. The van der Waals surface area contributed by atoms with Crippen LogP contribution in [0.5, 0.6) is 0 Å². The number of hydrogen-bond acceptors (Lipinski definition) is 0. The second-order valence-corrected chi connectivity index (χ2v) is 0. The molecule has 0 aliphatic heterocycles. The Bertz CT molecular complexity index is 3.25. The summed E-state index contributed by atoms with van der Waals surface area (Å²) in [6.45, 7) is 7.00. The fourth-order valence-corrected chi connectivity index (χ4v) is 0. The van der Waals surface area contributed by atoms with E-state index in [0.29, 0.717) is 0 Å². The molecule has 0 fully saturated rings. The predicted octanol–water partition coefficient (Wildman–Crippen LogP) is 1.05. The summed E-state index contributed by atoms with van der Waals surface area (Å²) in [6.07, 6.45) is 0. The molecule has 0 amide bonds. The van der Waals surface area contributed by atoms with Crippen LogP contribution in [0.2, 0.25) is 0 Å². The second kappa shape index (κ2) is 92.8. The molecule has 0 aromatic rings. The Kier molecular flexibility index (Phi) is 575. The summed E-state index contributed by atoms with van der Waals surface area (Å²) < 4.78 is 0. The van der Waals surface area contributed by atoms with Gasteiger partial charge in [-0.15, -0.1) is 0 Å². The van der Waals surface area contributed by atoms with E-state index in [1.165, 1.54) is 0 Å². The molecule has 0 bridgehead atoms. The minimum Gasteiger partial charge on any atom is -0.521 e. The van der Waals surface area contributed by atoms with Crippen molar-refractivity contribution in [3.05, 3.63) is 20.6 Å². The fraction of sp³-hybridized carbons (Fsp3) is 0. The maximum absolute atomic E-state index is 4.25. The van der Waals surface area contributed by atoms with Gasteiger partial charge < -0.3 is 14.0 Å². The molecule has 0 aliphatic rings. The van der Waals surface area contributed by atoms with Gasteiger partial charge in [0, 0.05) is 0 Å². The zero-order valence-electron chi connectivity index (χ0n) is 2.73. The zero-order valence-corrected chi connectivity index (χ0v) is 4.93. The van der Waals surface area contributed by atoms with Gasteiger partial charge in [-0.05, 0) is 0 Å². The van der Waals surface area contributed by atoms with Crippen LogP contribution >= 0.6 is 0 Å². The van der Waals surface area contributed by atoms with E-state index in [4.69, 9.17) is 0 Å². The van der Waals surface area contributed by atoms with Gasteiger partial charge in [0.1, 0.15) is 0 Å². The largest absolute Gasteiger partial charge is 2.00 e. The van der Waals surface area contributed by atoms with Crippen molar-refractivity contribution < 1.29 is 22.4 Å². The van der Waals surface area contributed by atoms with E-state index < -0.39 is 0 Å². The van der Waals surface area contributed by atoms with Crippen molar-refractivity contribution in [2.75, 3.05) is 0 Å². The van der Waals surface area contributed by atoms with E-state index in [9.17, 15) is 0 Å². The van der Waals surface area contributed by atoms with Crippen LogP contribution < -0.4 is 0 Å². The summed E-state index contributed by atoms with van der Waals surface area (Å²) in [5, 5.41) is 0. The normalized spacial score (nSPS) is 1.00. The average Bonchev–Trinajstić information content (AvgIpc) is 1.00. The van der Waals surface area contributed by atoms with Gasteiger partial charge in [0.25, 0.3) is 0 Å². The third-order valence-electron chi connectivity index (χ3n) is 0. The van der Waals surface area contributed by atoms with Crippen LogP contribution in [-0.2, 0) is 22.4 Å². The van der Waals surface area contributed by atoms with Crippen LogP contribution in [0.15, 0.2) is 6.58 Å². The molecular weight excluding hydrogens is 129 g/mol. The topological polar surface area (TPSA) is 0 Å². The number of rotatable bonds is 0. The van der Waals surface area contributed by atoms with Crippen molar-refractivity contribution in [2.24, 2.45) is 0 Å². The molecule has 4 heavy (non-hydrogen) atoms. The van der Waals surface area contributed by atoms with Crippen molar-refractivity contribution in [1.29, 1.82) is 0 Å². The Morgan fingerprint density at radius 1 is 1.25 bits per heavy atom. The van der Waals surface area contributed by atoms with Gasteiger partial charge >= 0.3 is 22.4 Å². The molecule has 0 aromatic carbocycles. The molecule has 0 rings (SSSR count). The Morgan fingerprint density at radius 3 is 1.25 bits per heavy atom. The molecular formula is C3H6Nb. The van der Waals surface area contributed by atoms with Crippen molar-refractivity contribution in [2.45, 2.75) is 0 Å². The SMILES string of the molecule is [CH-]=C.[CH3-].[Nb+2]. The van der Waals surface area contributed by atoms with Gasteiger partial charge in [-0.3, -0.25) is 6.58 Å². The molecule has 0 heterocycles. The third-order valence-corrected chi connectivity index (χ3v) is 0. The van der Waals surface area contributed by atoms with Gasteiger partial charge in [-0.2, -0.15) is 0 Å². The molecule has 0 aromatic heterocycles. The van der Waals surface area contributed by atoms with E-state index in [2.05, 4.69) is 13.2 Å². The van der Waals surface area contributed by atoms with Gasteiger partial charge in [-0.25, -0.2) is 0 Å². The third kappa shape index (κ3) is 23.6. The summed E-state index contributed by atoms with van der Waals surface area (Å²) in [6, 6.07) is 0. The van der Waals surface area contributed by atoms with Crippen LogP contribution in [0.25, 0.3) is 0 Å². The average molecular weight is 135 g/mol. The van der Waals surface area contributed by atoms with Crippen LogP contribution in [0.4, 0.5) is 0 Å². The molecule has 0 saturated heterocycles. The Balaban J connectivity index is -0.00000000500. The van der Waals surface area contributed by atoms with E-state index in [1.54, 1.807) is 0 Å². The fourth-order valence-electron chi connectivity index (χ4n) is 0. The van der Waals surface area contributed by atoms with E-state index in [1.807, 2.05) is 0 Å². The van der Waals surface area contributed by atoms with E-state index in [0.717, 1.165) is 0 Å². The Hall–Kier alpha value is 0.480. The predicted molar refractivity (Wildman–Crippen MR) is 16.3 cm³/mol. The summed E-state index contributed by atoms with van der Waals surface area (Å²) in [7, 11) is 0. The Morgan fingerprint density at radius 2 is 1.25 bits per heavy atom. The molecule has 1 radical (unpaired) electrons. The molecule has 0 aliphatic carbocycles. The first-order valence-electron chi connectivity index (χ1n) is 0.408. The summed E-state index contributed by atoms with van der Waals surface area (Å²) in [5.74, 6) is 0. The molecule has 0 N–H and O–H groups in total. The minimum absolute atomic E-state index is 0. The van der Waals surface area contributed by atoms with Gasteiger partial charge in [0.15, 0.2) is 0 Å². The molecule has 0 saturated carbocycles. The van der Waals surface area contributed by atoms with Gasteiger partial charge in [0.05, 0.1) is 0 Å². The van der Waals surface area contributed by atoms with Gasteiger partial charge in [-0.1, -0.05) is 0 Å². The Labute approximate surface area is 43.4 Å². The molecule has 0 unspecified atom stereocenters. The smallest absolute Gasteiger partial charge is 0.521 e. The first-order chi connectivity index (χ1) is 1.00. The molecule has 0 atom stereocenters. The van der Waals surface area contributed by atoms with Crippen molar-refractivity contribution >= 4 is 0 Å². The number of hydrogen-bond donors (Lipinski definition) is 0. The van der Waals surface area contributed by atoms with Crippen LogP contribution in [-0.4, -0.2) is 0 Å². The van der Waals surface area contributed by atoms with Crippen molar-refractivity contribution in [3.8, 4) is 0 Å². The van der Waals surface area contributed by atoms with Gasteiger partial charge in [0.2, 0.25) is 0 Å². The summed E-state index contributed by atoms with van der Waals surface area (Å²) in [4.78, 5) is 0. The van der Waals surface area contributed by atoms with Crippen LogP contribution in [0, 0.1) is 14.0 Å². The first-order valence-corrected chi connectivity index (χ1v) is 0.408. The van der Waals surface area contributed by atoms with Crippen molar-refractivity contribution in [1.82, 2.24) is 0 Å². The maximum Gasteiger partial charge on any atom is 2.00 e. The van der Waals surface area contributed by atoms with Crippen LogP contribution in [0.3, 0.4) is 0 Å². The standard InChI is InChI=1S/C2H3.CH3.Nb/c1-2;;/h1H,2H2;1H3;/q2*-1;+2. The summed E-state index contributed by atoms with van der Waals surface area (Å²) in [5.41, 5.74) is 0. The quantitative estimate of drug-likeness (QED) is 0.344. The first kappa shape index (κ1) is 24.8. The van der Waals surface area contributed by atoms with E-state index >= 15 is 0 Å². The monoisotopic (exact) mass is 135 g/mol. The molecule has 0 nitrogen and oxygen atoms in total. The van der Waals surface area contributed by atoms with E-state index in [-0.39, 0.29) is 29.8 Å². The minimum atomic E-state index is 0. The zero-order chi connectivity index (χ0) is 2.00. The van der Waals surface area contributed by atoms with Crippen LogP contribution in [0.1, 0.15) is 0 Å².